The van der Waals surface area contributed by atoms with Gasteiger partial charge in [-0.3, -0.25) is 4.99 Å². The van der Waals surface area contributed by atoms with Gasteiger partial charge in [0.25, 0.3) is 0 Å². The Morgan fingerprint density at radius 1 is 1.38 bits per heavy atom. The zero-order valence-corrected chi connectivity index (χ0v) is 8.70. The van der Waals surface area contributed by atoms with Crippen molar-refractivity contribution in [3.05, 3.63) is 24.4 Å². The van der Waals surface area contributed by atoms with Gasteiger partial charge in [-0.15, -0.1) is 0 Å². The van der Waals surface area contributed by atoms with Crippen LogP contribution in [0, 0.1) is 0 Å². The summed E-state index contributed by atoms with van der Waals surface area (Å²) in [4.78, 5) is 6.63. The molecule has 0 radical (unpaired) electrons. The molecular weight excluding hydrogens is 160 g/mol. The monoisotopic (exact) mass is 178 g/mol. The van der Waals surface area contributed by atoms with Crippen LogP contribution in [0.15, 0.2) is 29.4 Å². The number of aliphatic imine (C=N–C) groups is 1. The number of hydrogen-bond donors (Lipinski definition) is 0. The van der Waals surface area contributed by atoms with Crippen LogP contribution in [-0.2, 0) is 0 Å². The molecule has 1 atom stereocenters. The van der Waals surface area contributed by atoms with Gasteiger partial charge in [-0.1, -0.05) is 19.9 Å². The molecule has 2 aliphatic rings. The number of nitrogens with zero attached hydrogens (tertiary/aromatic N) is 2. The summed E-state index contributed by atoms with van der Waals surface area (Å²) in [7, 11) is 0. The van der Waals surface area contributed by atoms with E-state index in [2.05, 4.69) is 35.2 Å². The fourth-order valence-corrected chi connectivity index (χ4v) is 1.46. The molecule has 2 rings (SSSR count). The molecule has 1 unspecified atom stereocenters. The maximum atomic E-state index is 4.41. The first-order valence-corrected chi connectivity index (χ1v) is 5.05. The summed E-state index contributed by atoms with van der Waals surface area (Å²) < 4.78 is 0. The van der Waals surface area contributed by atoms with Crippen LogP contribution in [0.5, 0.6) is 0 Å². The molecule has 2 heteroatoms. The van der Waals surface area contributed by atoms with Gasteiger partial charge < -0.3 is 4.90 Å². The Kier molecular flexibility index (Phi) is 3.74. The average Bonchev–Trinajstić information content (AvgIpc) is 2.22. The molecule has 2 heterocycles. The molecule has 2 aliphatic heterocycles. The number of allylic oxidation sites excluding steroid dienone is 2. The van der Waals surface area contributed by atoms with Gasteiger partial charge in [-0.25, -0.2) is 0 Å². The maximum Gasteiger partial charge on any atom is 0.127 e. The number of rotatable bonds is 0. The molecule has 72 valence electrons. The van der Waals surface area contributed by atoms with Crippen molar-refractivity contribution in [1.82, 2.24) is 4.90 Å². The highest BCUT2D eigenvalue weighted by Crippen LogP contribution is 2.15. The predicted molar refractivity (Wildman–Crippen MR) is 57.8 cm³/mol. The van der Waals surface area contributed by atoms with E-state index in [0.717, 1.165) is 12.4 Å². The third-order valence-corrected chi connectivity index (χ3v) is 2.16. The van der Waals surface area contributed by atoms with Gasteiger partial charge in [0.1, 0.15) is 5.84 Å². The molecule has 0 saturated carbocycles. The van der Waals surface area contributed by atoms with Crippen molar-refractivity contribution >= 4 is 5.84 Å². The van der Waals surface area contributed by atoms with Crippen molar-refractivity contribution in [2.75, 3.05) is 6.54 Å². The van der Waals surface area contributed by atoms with Gasteiger partial charge in [0.15, 0.2) is 0 Å². The lowest BCUT2D eigenvalue weighted by Gasteiger charge is -2.32. The van der Waals surface area contributed by atoms with Gasteiger partial charge in [0.2, 0.25) is 0 Å². The average molecular weight is 178 g/mol. The fraction of sp³-hybridized carbons (Fsp3) is 0.545. The summed E-state index contributed by atoms with van der Waals surface area (Å²) in [6.45, 7) is 7.21. The number of amidine groups is 1. The second-order valence-electron chi connectivity index (χ2n) is 2.99. The van der Waals surface area contributed by atoms with Crippen molar-refractivity contribution in [1.29, 1.82) is 0 Å². The third-order valence-electron chi connectivity index (χ3n) is 2.16. The van der Waals surface area contributed by atoms with E-state index in [1.807, 2.05) is 19.9 Å². The summed E-state index contributed by atoms with van der Waals surface area (Å²) >= 11 is 0. The zero-order valence-electron chi connectivity index (χ0n) is 8.70. The molecule has 2 nitrogen and oxygen atoms in total. The Morgan fingerprint density at radius 3 is 2.85 bits per heavy atom. The highest BCUT2D eigenvalue weighted by Gasteiger charge is 2.18. The minimum absolute atomic E-state index is 0.615. The minimum atomic E-state index is 0.615. The molecule has 0 spiro atoms. The predicted octanol–water partition coefficient (Wildman–Crippen LogP) is 2.59. The molecule has 0 bridgehead atoms. The van der Waals surface area contributed by atoms with Crippen LogP contribution in [0.3, 0.4) is 0 Å². The van der Waals surface area contributed by atoms with Crippen molar-refractivity contribution < 1.29 is 0 Å². The van der Waals surface area contributed by atoms with Crippen LogP contribution in [0.4, 0.5) is 0 Å². The van der Waals surface area contributed by atoms with E-state index in [0.29, 0.717) is 6.04 Å². The summed E-state index contributed by atoms with van der Waals surface area (Å²) in [6, 6.07) is 0.615. The van der Waals surface area contributed by atoms with Crippen LogP contribution in [-0.4, -0.2) is 23.3 Å². The van der Waals surface area contributed by atoms with E-state index in [9.17, 15) is 0 Å². The Labute approximate surface area is 80.7 Å². The van der Waals surface area contributed by atoms with Crippen LogP contribution in [0.1, 0.15) is 27.2 Å². The Hall–Kier alpha value is -1.05. The standard InChI is InChI=1S/C9H12N2.C2H6/c1-8-5-6-10-9-4-2-3-7-11(8)9;1-2/h2-4,7-8H,5-6H2,1H3;1-2H3. The normalized spacial score (nSPS) is 24.4. The van der Waals surface area contributed by atoms with Gasteiger partial charge in [0, 0.05) is 18.8 Å². The van der Waals surface area contributed by atoms with E-state index >= 15 is 0 Å². The molecular formula is C11H18N2. The summed E-state index contributed by atoms with van der Waals surface area (Å²) in [6.07, 6.45) is 9.42. The van der Waals surface area contributed by atoms with Crippen molar-refractivity contribution in [3.8, 4) is 0 Å². The molecule has 0 aromatic heterocycles. The number of fused-ring (bicyclic) bond motifs is 1. The van der Waals surface area contributed by atoms with Gasteiger partial charge in [-0.2, -0.15) is 0 Å². The van der Waals surface area contributed by atoms with Crippen molar-refractivity contribution in [2.24, 2.45) is 4.99 Å². The van der Waals surface area contributed by atoms with Crippen LogP contribution in [0.2, 0.25) is 0 Å². The van der Waals surface area contributed by atoms with E-state index in [1.54, 1.807) is 0 Å². The molecule has 0 aliphatic carbocycles. The zero-order chi connectivity index (χ0) is 9.68. The fourth-order valence-electron chi connectivity index (χ4n) is 1.46. The number of hydrogen-bond acceptors (Lipinski definition) is 2. The van der Waals surface area contributed by atoms with Crippen LogP contribution >= 0.6 is 0 Å². The largest absolute Gasteiger partial charge is 0.330 e. The first-order chi connectivity index (χ1) is 6.38. The molecule has 0 aromatic carbocycles. The van der Waals surface area contributed by atoms with Crippen molar-refractivity contribution in [2.45, 2.75) is 33.2 Å². The highest BCUT2D eigenvalue weighted by atomic mass is 15.2. The van der Waals surface area contributed by atoms with Gasteiger partial charge in [0.05, 0.1) is 0 Å². The summed E-state index contributed by atoms with van der Waals surface area (Å²) in [5, 5.41) is 0. The van der Waals surface area contributed by atoms with E-state index in [-0.39, 0.29) is 0 Å². The second kappa shape index (κ2) is 4.85. The second-order valence-corrected chi connectivity index (χ2v) is 2.99. The lowest BCUT2D eigenvalue weighted by atomic mass is 10.1. The Balaban J connectivity index is 0.000000396. The molecule has 0 saturated heterocycles. The molecule has 0 N–H and O–H groups in total. The molecule has 0 amide bonds. The third kappa shape index (κ3) is 2.20. The Morgan fingerprint density at radius 2 is 2.15 bits per heavy atom. The van der Waals surface area contributed by atoms with Gasteiger partial charge in [-0.05, 0) is 25.5 Å². The lowest BCUT2D eigenvalue weighted by Crippen LogP contribution is -2.37. The van der Waals surface area contributed by atoms with E-state index in [1.165, 1.54) is 6.42 Å². The van der Waals surface area contributed by atoms with Crippen LogP contribution < -0.4 is 0 Å². The Bertz CT molecular complexity index is 238. The maximum absolute atomic E-state index is 4.41. The summed E-state index contributed by atoms with van der Waals surface area (Å²) in [5.41, 5.74) is 0. The topological polar surface area (TPSA) is 15.6 Å². The van der Waals surface area contributed by atoms with Crippen LogP contribution in [0.25, 0.3) is 0 Å². The molecule has 13 heavy (non-hydrogen) atoms. The quantitative estimate of drug-likeness (QED) is 0.556. The first-order valence-electron chi connectivity index (χ1n) is 5.05. The van der Waals surface area contributed by atoms with E-state index < -0.39 is 0 Å². The molecule has 0 aromatic rings. The smallest absolute Gasteiger partial charge is 0.127 e. The van der Waals surface area contributed by atoms with Crippen molar-refractivity contribution in [3.63, 3.8) is 0 Å². The lowest BCUT2D eigenvalue weighted by molar-refractivity contribution is 0.388. The summed E-state index contributed by atoms with van der Waals surface area (Å²) in [5.74, 6) is 1.12. The van der Waals surface area contributed by atoms with Gasteiger partial charge >= 0.3 is 0 Å². The minimum Gasteiger partial charge on any atom is -0.330 e. The first kappa shape index (κ1) is 10.0. The van der Waals surface area contributed by atoms with E-state index in [4.69, 9.17) is 0 Å². The molecule has 0 fully saturated rings. The SMILES string of the molecule is CC.CC1CCN=C2C=CC=CN21. The highest BCUT2D eigenvalue weighted by molar-refractivity contribution is 5.95.